The SMILES string of the molecule is CN(Cc1ncc[nH]1)C(=O)C1CC(c2ccccc2)=NO1. The van der Waals surface area contributed by atoms with E-state index in [-0.39, 0.29) is 5.91 Å². The fourth-order valence-electron chi connectivity index (χ4n) is 2.24. The summed E-state index contributed by atoms with van der Waals surface area (Å²) in [7, 11) is 1.73. The monoisotopic (exact) mass is 284 g/mol. The number of imidazole rings is 1. The first kappa shape index (κ1) is 13.4. The number of amides is 1. The third-order valence-electron chi connectivity index (χ3n) is 3.37. The van der Waals surface area contributed by atoms with Crippen molar-refractivity contribution in [2.45, 2.75) is 19.1 Å². The summed E-state index contributed by atoms with van der Waals surface area (Å²) in [5, 5.41) is 4.03. The molecule has 0 saturated carbocycles. The highest BCUT2D eigenvalue weighted by Gasteiger charge is 2.31. The maximum Gasteiger partial charge on any atom is 0.267 e. The smallest absolute Gasteiger partial charge is 0.267 e. The summed E-state index contributed by atoms with van der Waals surface area (Å²) < 4.78 is 0. The molecule has 1 aromatic heterocycles. The third kappa shape index (κ3) is 2.94. The van der Waals surface area contributed by atoms with Crippen molar-refractivity contribution in [3.8, 4) is 0 Å². The molecule has 21 heavy (non-hydrogen) atoms. The number of rotatable bonds is 4. The minimum Gasteiger partial charge on any atom is -0.382 e. The highest BCUT2D eigenvalue weighted by atomic mass is 16.6. The van der Waals surface area contributed by atoms with Crippen LogP contribution in [0.3, 0.4) is 0 Å². The Bertz CT molecular complexity index is 637. The first-order valence-electron chi connectivity index (χ1n) is 6.75. The summed E-state index contributed by atoms with van der Waals surface area (Å²) in [6.45, 7) is 0.423. The Hall–Kier alpha value is -2.63. The van der Waals surface area contributed by atoms with Gasteiger partial charge in [-0.15, -0.1) is 0 Å². The fourth-order valence-corrected chi connectivity index (χ4v) is 2.24. The fraction of sp³-hybridized carbons (Fsp3) is 0.267. The van der Waals surface area contributed by atoms with E-state index in [0.717, 1.165) is 17.1 Å². The summed E-state index contributed by atoms with van der Waals surface area (Å²) >= 11 is 0. The molecule has 0 bridgehead atoms. The molecule has 0 fully saturated rings. The van der Waals surface area contributed by atoms with Crippen LogP contribution in [0.1, 0.15) is 17.8 Å². The van der Waals surface area contributed by atoms with Gasteiger partial charge in [0.2, 0.25) is 6.10 Å². The Morgan fingerprint density at radius 3 is 2.95 bits per heavy atom. The number of aromatic amines is 1. The Kier molecular flexibility index (Phi) is 3.68. The molecule has 1 aliphatic rings. The molecule has 1 aromatic carbocycles. The first-order valence-corrected chi connectivity index (χ1v) is 6.75. The van der Waals surface area contributed by atoms with Gasteiger partial charge in [0.05, 0.1) is 12.3 Å². The lowest BCUT2D eigenvalue weighted by Gasteiger charge is -2.18. The van der Waals surface area contributed by atoms with Gasteiger partial charge in [0.25, 0.3) is 5.91 Å². The van der Waals surface area contributed by atoms with Crippen LogP contribution in [0.4, 0.5) is 0 Å². The quantitative estimate of drug-likeness (QED) is 0.926. The number of carbonyl (C=O) groups excluding carboxylic acids is 1. The van der Waals surface area contributed by atoms with Crippen molar-refractivity contribution in [1.82, 2.24) is 14.9 Å². The maximum absolute atomic E-state index is 12.3. The Balaban J connectivity index is 1.60. The van der Waals surface area contributed by atoms with Crippen LogP contribution in [-0.2, 0) is 16.2 Å². The summed E-state index contributed by atoms with van der Waals surface area (Å²) in [5.74, 6) is 0.647. The molecule has 1 atom stereocenters. The van der Waals surface area contributed by atoms with E-state index in [1.54, 1.807) is 24.3 Å². The molecule has 6 heteroatoms. The van der Waals surface area contributed by atoms with Crippen molar-refractivity contribution in [3.05, 3.63) is 54.1 Å². The zero-order valence-corrected chi connectivity index (χ0v) is 11.7. The second-order valence-corrected chi connectivity index (χ2v) is 4.93. The average Bonchev–Trinajstić information content (AvgIpc) is 3.18. The molecule has 1 unspecified atom stereocenters. The van der Waals surface area contributed by atoms with E-state index in [4.69, 9.17) is 4.84 Å². The summed E-state index contributed by atoms with van der Waals surface area (Å²) in [6, 6.07) is 9.74. The predicted molar refractivity (Wildman–Crippen MR) is 77.5 cm³/mol. The van der Waals surface area contributed by atoms with Gasteiger partial charge in [-0.25, -0.2) is 4.98 Å². The average molecular weight is 284 g/mol. The van der Waals surface area contributed by atoms with E-state index >= 15 is 0 Å². The molecule has 3 rings (SSSR count). The Morgan fingerprint density at radius 2 is 2.24 bits per heavy atom. The van der Waals surface area contributed by atoms with Crippen LogP contribution in [0.5, 0.6) is 0 Å². The number of likely N-dealkylation sites (N-methyl/N-ethyl adjacent to an activating group) is 1. The van der Waals surface area contributed by atoms with Crippen LogP contribution in [0.15, 0.2) is 47.9 Å². The van der Waals surface area contributed by atoms with Crippen LogP contribution < -0.4 is 0 Å². The highest BCUT2D eigenvalue weighted by Crippen LogP contribution is 2.18. The molecule has 0 radical (unpaired) electrons. The highest BCUT2D eigenvalue weighted by molar-refractivity contribution is 6.03. The predicted octanol–water partition coefficient (Wildman–Crippen LogP) is 1.56. The van der Waals surface area contributed by atoms with Crippen molar-refractivity contribution in [3.63, 3.8) is 0 Å². The molecule has 1 amide bonds. The molecular formula is C15H16N4O2. The number of oxime groups is 1. The molecular weight excluding hydrogens is 268 g/mol. The molecule has 2 heterocycles. The van der Waals surface area contributed by atoms with E-state index < -0.39 is 6.10 Å². The summed E-state index contributed by atoms with van der Waals surface area (Å²) in [6.07, 6.45) is 3.33. The van der Waals surface area contributed by atoms with Crippen molar-refractivity contribution in [2.75, 3.05) is 7.05 Å². The molecule has 1 N–H and O–H groups in total. The number of nitrogens with one attached hydrogen (secondary N) is 1. The first-order chi connectivity index (χ1) is 10.2. The van der Waals surface area contributed by atoms with Gasteiger partial charge in [-0.1, -0.05) is 35.5 Å². The van der Waals surface area contributed by atoms with Crippen molar-refractivity contribution in [1.29, 1.82) is 0 Å². The molecule has 0 aliphatic carbocycles. The normalized spacial score (nSPS) is 17.2. The zero-order valence-electron chi connectivity index (χ0n) is 11.7. The molecule has 0 saturated heterocycles. The number of hydrogen-bond donors (Lipinski definition) is 1. The van der Waals surface area contributed by atoms with Crippen molar-refractivity contribution in [2.24, 2.45) is 5.16 Å². The molecule has 2 aromatic rings. The lowest BCUT2D eigenvalue weighted by Crippen LogP contribution is -2.36. The van der Waals surface area contributed by atoms with Crippen LogP contribution in [0.2, 0.25) is 0 Å². The molecule has 6 nitrogen and oxygen atoms in total. The largest absolute Gasteiger partial charge is 0.382 e. The van der Waals surface area contributed by atoms with Gasteiger partial charge >= 0.3 is 0 Å². The lowest BCUT2D eigenvalue weighted by atomic mass is 10.0. The number of aromatic nitrogens is 2. The van der Waals surface area contributed by atoms with Gasteiger partial charge < -0.3 is 14.7 Å². The van der Waals surface area contributed by atoms with Gasteiger partial charge in [0.15, 0.2) is 0 Å². The molecule has 1 aliphatic heterocycles. The van der Waals surface area contributed by atoms with Crippen LogP contribution in [0.25, 0.3) is 0 Å². The van der Waals surface area contributed by atoms with Gasteiger partial charge in [0.1, 0.15) is 5.82 Å². The van der Waals surface area contributed by atoms with Gasteiger partial charge in [-0.05, 0) is 5.56 Å². The van der Waals surface area contributed by atoms with Crippen LogP contribution >= 0.6 is 0 Å². The molecule has 0 spiro atoms. The summed E-state index contributed by atoms with van der Waals surface area (Å²) in [5.41, 5.74) is 1.79. The number of nitrogens with zero attached hydrogens (tertiary/aromatic N) is 3. The third-order valence-corrected chi connectivity index (χ3v) is 3.37. The van der Waals surface area contributed by atoms with Crippen LogP contribution in [0, 0.1) is 0 Å². The van der Waals surface area contributed by atoms with Gasteiger partial charge in [0, 0.05) is 25.9 Å². The zero-order chi connectivity index (χ0) is 14.7. The van der Waals surface area contributed by atoms with Crippen LogP contribution in [-0.4, -0.2) is 39.6 Å². The number of H-pyrrole nitrogens is 1. The van der Waals surface area contributed by atoms with E-state index in [1.807, 2.05) is 30.3 Å². The van der Waals surface area contributed by atoms with Gasteiger partial charge in [-0.2, -0.15) is 0 Å². The maximum atomic E-state index is 12.3. The number of carbonyl (C=O) groups is 1. The van der Waals surface area contributed by atoms with E-state index in [2.05, 4.69) is 15.1 Å². The standard InChI is InChI=1S/C15H16N4O2/c1-19(10-14-16-7-8-17-14)15(20)13-9-12(18-21-13)11-5-3-2-4-6-11/h2-8,13H,9-10H2,1H3,(H,16,17). The van der Waals surface area contributed by atoms with Crippen molar-refractivity contribution >= 4 is 11.6 Å². The summed E-state index contributed by atoms with van der Waals surface area (Å²) in [4.78, 5) is 26.3. The van der Waals surface area contributed by atoms with Gasteiger partial charge in [-0.3, -0.25) is 4.79 Å². The lowest BCUT2D eigenvalue weighted by molar-refractivity contribution is -0.141. The minimum atomic E-state index is -0.555. The topological polar surface area (TPSA) is 70.6 Å². The van der Waals surface area contributed by atoms with E-state index in [1.165, 1.54) is 0 Å². The number of benzene rings is 1. The second kappa shape index (κ2) is 5.78. The van der Waals surface area contributed by atoms with E-state index in [9.17, 15) is 4.79 Å². The Morgan fingerprint density at radius 1 is 1.43 bits per heavy atom. The second-order valence-electron chi connectivity index (χ2n) is 4.93. The Labute approximate surface area is 122 Å². The number of hydrogen-bond acceptors (Lipinski definition) is 4. The van der Waals surface area contributed by atoms with E-state index in [0.29, 0.717) is 13.0 Å². The van der Waals surface area contributed by atoms with Crippen molar-refractivity contribution < 1.29 is 9.63 Å². The molecule has 108 valence electrons. The minimum absolute atomic E-state index is 0.0962.